The first kappa shape index (κ1) is 24.0. The van der Waals surface area contributed by atoms with Gasteiger partial charge in [-0.15, -0.1) is 23.5 Å². The quantitative estimate of drug-likeness (QED) is 0.269. The minimum absolute atomic E-state index is 0.247. The average Bonchev–Trinajstić information content (AvgIpc) is 3.11. The normalized spacial score (nSPS) is 14.4. The van der Waals surface area contributed by atoms with Gasteiger partial charge in [0.05, 0.1) is 24.0 Å². The van der Waals surface area contributed by atoms with Gasteiger partial charge in [-0.3, -0.25) is 9.59 Å². The molecule has 32 heavy (non-hydrogen) atoms. The molecular formula is C26H26O4S2. The SMILES string of the molecule is COc1ccc(/C=C/C(=O)C(C(=O)/C=C/c2ccc(OC)cc2)=C2SCCCCS2)cc1. The number of hydrogen-bond donors (Lipinski definition) is 0. The van der Waals surface area contributed by atoms with Crippen LogP contribution >= 0.6 is 23.5 Å². The number of benzene rings is 2. The van der Waals surface area contributed by atoms with Crippen molar-refractivity contribution in [2.24, 2.45) is 0 Å². The van der Waals surface area contributed by atoms with Crippen LogP contribution in [-0.4, -0.2) is 37.3 Å². The van der Waals surface area contributed by atoms with Crippen LogP contribution in [0, 0.1) is 0 Å². The summed E-state index contributed by atoms with van der Waals surface area (Å²) >= 11 is 3.20. The Kier molecular flexibility index (Phi) is 9.26. The van der Waals surface area contributed by atoms with E-state index >= 15 is 0 Å². The van der Waals surface area contributed by atoms with Crippen LogP contribution in [-0.2, 0) is 9.59 Å². The molecule has 0 aliphatic carbocycles. The fourth-order valence-corrected chi connectivity index (χ4v) is 5.58. The lowest BCUT2D eigenvalue weighted by atomic mass is 10.1. The Morgan fingerprint density at radius 1 is 0.719 bits per heavy atom. The van der Waals surface area contributed by atoms with Crippen LogP contribution in [0.3, 0.4) is 0 Å². The molecule has 0 atom stereocenters. The van der Waals surface area contributed by atoms with Gasteiger partial charge in [-0.05, 0) is 71.9 Å². The third-order valence-electron chi connectivity index (χ3n) is 4.79. The van der Waals surface area contributed by atoms with E-state index in [2.05, 4.69) is 0 Å². The maximum Gasteiger partial charge on any atom is 0.191 e. The van der Waals surface area contributed by atoms with Crippen molar-refractivity contribution in [1.29, 1.82) is 0 Å². The van der Waals surface area contributed by atoms with Crippen molar-refractivity contribution in [3.63, 3.8) is 0 Å². The molecule has 0 amide bonds. The van der Waals surface area contributed by atoms with Gasteiger partial charge < -0.3 is 9.47 Å². The molecule has 0 radical (unpaired) electrons. The Balaban J connectivity index is 1.84. The van der Waals surface area contributed by atoms with Crippen LogP contribution in [0.25, 0.3) is 12.2 Å². The first-order valence-corrected chi connectivity index (χ1v) is 12.3. The topological polar surface area (TPSA) is 52.6 Å². The molecule has 0 saturated carbocycles. The maximum absolute atomic E-state index is 13.1. The number of carbonyl (C=O) groups excluding carboxylic acids is 2. The smallest absolute Gasteiger partial charge is 0.191 e. The monoisotopic (exact) mass is 466 g/mol. The number of carbonyl (C=O) groups is 2. The maximum atomic E-state index is 13.1. The Morgan fingerprint density at radius 2 is 1.12 bits per heavy atom. The fourth-order valence-electron chi connectivity index (χ4n) is 2.98. The number of rotatable bonds is 8. The molecular weight excluding hydrogens is 440 g/mol. The molecule has 1 aliphatic rings. The molecule has 6 heteroatoms. The van der Waals surface area contributed by atoms with E-state index in [4.69, 9.17) is 9.47 Å². The van der Waals surface area contributed by atoms with E-state index in [0.29, 0.717) is 0 Å². The zero-order chi connectivity index (χ0) is 22.8. The highest BCUT2D eigenvalue weighted by Crippen LogP contribution is 2.37. The number of allylic oxidation sites excluding steroid dienone is 3. The summed E-state index contributed by atoms with van der Waals surface area (Å²) in [6.45, 7) is 0. The van der Waals surface area contributed by atoms with E-state index in [1.807, 2.05) is 48.5 Å². The average molecular weight is 467 g/mol. The number of methoxy groups -OCH3 is 2. The zero-order valence-electron chi connectivity index (χ0n) is 18.2. The highest BCUT2D eigenvalue weighted by Gasteiger charge is 2.21. The standard InChI is InChI=1S/C26H26O4S2/c1-29-21-11-5-19(6-12-21)9-15-23(27)25(26-31-17-3-4-18-32-26)24(28)16-10-20-7-13-22(30-2)14-8-20/h5-16H,3-4,17-18H2,1-2H3/b15-9+,16-10+. The Labute approximate surface area is 197 Å². The van der Waals surface area contributed by atoms with Crippen molar-refractivity contribution in [1.82, 2.24) is 0 Å². The number of ketones is 2. The summed E-state index contributed by atoms with van der Waals surface area (Å²) in [6.07, 6.45) is 8.59. The molecule has 0 aromatic heterocycles. The van der Waals surface area contributed by atoms with Crippen LogP contribution in [0.15, 0.2) is 70.5 Å². The Hall–Kier alpha value is -2.70. The van der Waals surface area contributed by atoms with Gasteiger partial charge in [0.25, 0.3) is 0 Å². The predicted octanol–water partition coefficient (Wildman–Crippen LogP) is 6.04. The van der Waals surface area contributed by atoms with E-state index in [1.165, 1.54) is 12.2 Å². The zero-order valence-corrected chi connectivity index (χ0v) is 19.8. The minimum Gasteiger partial charge on any atom is -0.497 e. The molecule has 2 aromatic rings. The van der Waals surface area contributed by atoms with Crippen molar-refractivity contribution in [2.75, 3.05) is 25.7 Å². The molecule has 3 rings (SSSR count). The second-order valence-electron chi connectivity index (χ2n) is 7.01. The van der Waals surface area contributed by atoms with Crippen molar-refractivity contribution in [3.05, 3.63) is 81.6 Å². The number of hydrogen-bond acceptors (Lipinski definition) is 6. The number of thioether (sulfide) groups is 2. The molecule has 2 aromatic carbocycles. The minimum atomic E-state index is -0.276. The summed E-state index contributed by atoms with van der Waals surface area (Å²) in [5.74, 6) is 2.78. The Bertz CT molecular complexity index is 937. The van der Waals surface area contributed by atoms with Crippen LogP contribution in [0.1, 0.15) is 24.0 Å². The molecule has 0 unspecified atom stereocenters. The van der Waals surface area contributed by atoms with Gasteiger partial charge in [0.1, 0.15) is 11.5 Å². The van der Waals surface area contributed by atoms with Crippen LogP contribution < -0.4 is 9.47 Å². The van der Waals surface area contributed by atoms with Crippen LogP contribution in [0.4, 0.5) is 0 Å². The molecule has 0 bridgehead atoms. The lowest BCUT2D eigenvalue weighted by molar-refractivity contribution is -0.116. The van der Waals surface area contributed by atoms with Crippen LogP contribution in [0.2, 0.25) is 0 Å². The second-order valence-corrected chi connectivity index (χ2v) is 9.48. The highest BCUT2D eigenvalue weighted by atomic mass is 32.2. The van der Waals surface area contributed by atoms with Crippen LogP contribution in [0.5, 0.6) is 11.5 Å². The summed E-state index contributed by atoms with van der Waals surface area (Å²) in [6, 6.07) is 14.8. The van der Waals surface area contributed by atoms with Crippen molar-refractivity contribution >= 4 is 47.2 Å². The Morgan fingerprint density at radius 3 is 1.50 bits per heavy atom. The van der Waals surface area contributed by atoms with E-state index < -0.39 is 0 Å². The third-order valence-corrected chi connectivity index (χ3v) is 7.41. The lowest BCUT2D eigenvalue weighted by Crippen LogP contribution is -2.10. The largest absolute Gasteiger partial charge is 0.497 e. The first-order chi connectivity index (χ1) is 15.6. The van der Waals surface area contributed by atoms with Gasteiger partial charge in [-0.1, -0.05) is 36.4 Å². The molecule has 1 fully saturated rings. The van der Waals surface area contributed by atoms with Crippen molar-refractivity contribution in [3.8, 4) is 11.5 Å². The van der Waals surface area contributed by atoms with E-state index in [1.54, 1.807) is 49.9 Å². The molecule has 0 N–H and O–H groups in total. The van der Waals surface area contributed by atoms with Gasteiger partial charge in [0.15, 0.2) is 11.6 Å². The highest BCUT2D eigenvalue weighted by molar-refractivity contribution is 8.22. The lowest BCUT2D eigenvalue weighted by Gasteiger charge is -2.08. The fraction of sp³-hybridized carbons (Fsp3) is 0.231. The molecule has 1 aliphatic heterocycles. The number of ether oxygens (including phenoxy) is 2. The second kappa shape index (κ2) is 12.4. The summed E-state index contributed by atoms with van der Waals surface area (Å²) in [7, 11) is 3.22. The molecule has 1 saturated heterocycles. The van der Waals surface area contributed by atoms with E-state index in [0.717, 1.165) is 51.2 Å². The van der Waals surface area contributed by atoms with E-state index in [9.17, 15) is 9.59 Å². The predicted molar refractivity (Wildman–Crippen MR) is 135 cm³/mol. The first-order valence-electron chi connectivity index (χ1n) is 10.3. The third kappa shape index (κ3) is 6.90. The van der Waals surface area contributed by atoms with Gasteiger partial charge in [-0.2, -0.15) is 0 Å². The molecule has 1 heterocycles. The summed E-state index contributed by atoms with van der Waals surface area (Å²) in [5.41, 5.74) is 1.98. The van der Waals surface area contributed by atoms with Gasteiger partial charge in [0, 0.05) is 0 Å². The van der Waals surface area contributed by atoms with E-state index in [-0.39, 0.29) is 17.1 Å². The van der Waals surface area contributed by atoms with Crippen molar-refractivity contribution < 1.29 is 19.1 Å². The molecule has 0 spiro atoms. The molecule has 4 nitrogen and oxygen atoms in total. The van der Waals surface area contributed by atoms with Gasteiger partial charge in [0.2, 0.25) is 0 Å². The van der Waals surface area contributed by atoms with Crippen molar-refractivity contribution in [2.45, 2.75) is 12.8 Å². The summed E-state index contributed by atoms with van der Waals surface area (Å²) < 4.78 is 11.2. The summed E-state index contributed by atoms with van der Waals surface area (Å²) in [4.78, 5) is 26.2. The molecule has 166 valence electrons. The van der Waals surface area contributed by atoms with Gasteiger partial charge >= 0.3 is 0 Å². The van der Waals surface area contributed by atoms with Gasteiger partial charge in [-0.25, -0.2) is 0 Å². The summed E-state index contributed by atoms with van der Waals surface area (Å²) in [5, 5.41) is 0.